The van der Waals surface area contributed by atoms with Crippen molar-refractivity contribution in [2.45, 2.75) is 13.2 Å². The number of para-hydroxylation sites is 1. The molecular formula is C14H15N3OS. The highest BCUT2D eigenvalue weighted by molar-refractivity contribution is 7.15. The van der Waals surface area contributed by atoms with Gasteiger partial charge in [-0.25, -0.2) is 4.98 Å². The van der Waals surface area contributed by atoms with Gasteiger partial charge < -0.3 is 10.1 Å². The van der Waals surface area contributed by atoms with E-state index in [1.54, 1.807) is 18.4 Å². The van der Waals surface area contributed by atoms with Crippen molar-refractivity contribution in [3.8, 4) is 0 Å². The Labute approximate surface area is 115 Å². The van der Waals surface area contributed by atoms with Crippen LogP contribution in [0.25, 0.3) is 4.96 Å². The maximum atomic E-state index is 5.20. The van der Waals surface area contributed by atoms with Crippen LogP contribution in [0.3, 0.4) is 0 Å². The van der Waals surface area contributed by atoms with E-state index in [2.05, 4.69) is 28.6 Å². The fourth-order valence-electron chi connectivity index (χ4n) is 2.02. The van der Waals surface area contributed by atoms with Crippen LogP contribution in [0.5, 0.6) is 0 Å². The lowest BCUT2D eigenvalue weighted by Crippen LogP contribution is -2.03. The molecule has 3 aromatic rings. The standard InChI is InChI=1S/C14H15N3OS/c1-18-10-11-4-2-3-5-13(11)15-8-12-9-17-6-7-19-14(17)16-12/h2-7,9,15H,8,10H2,1H3. The van der Waals surface area contributed by atoms with Crippen LogP contribution in [0.15, 0.2) is 42.0 Å². The molecular weight excluding hydrogens is 258 g/mol. The molecule has 1 N–H and O–H groups in total. The Hall–Kier alpha value is -1.85. The summed E-state index contributed by atoms with van der Waals surface area (Å²) in [7, 11) is 1.71. The highest BCUT2D eigenvalue weighted by atomic mass is 32.1. The van der Waals surface area contributed by atoms with Gasteiger partial charge in [-0.3, -0.25) is 4.40 Å². The first kappa shape index (κ1) is 12.2. The van der Waals surface area contributed by atoms with Crippen molar-refractivity contribution >= 4 is 22.0 Å². The van der Waals surface area contributed by atoms with Gasteiger partial charge in [-0.2, -0.15) is 0 Å². The molecule has 0 aliphatic rings. The number of methoxy groups -OCH3 is 1. The molecule has 2 heterocycles. The largest absolute Gasteiger partial charge is 0.380 e. The fourth-order valence-corrected chi connectivity index (χ4v) is 2.74. The summed E-state index contributed by atoms with van der Waals surface area (Å²) in [5, 5.41) is 5.45. The van der Waals surface area contributed by atoms with Crippen LogP contribution in [-0.2, 0) is 17.9 Å². The van der Waals surface area contributed by atoms with Crippen molar-refractivity contribution in [1.82, 2.24) is 9.38 Å². The summed E-state index contributed by atoms with van der Waals surface area (Å²) in [6.45, 7) is 1.33. The van der Waals surface area contributed by atoms with Gasteiger partial charge in [0.25, 0.3) is 0 Å². The summed E-state index contributed by atoms with van der Waals surface area (Å²) in [5.41, 5.74) is 3.30. The smallest absolute Gasteiger partial charge is 0.193 e. The average Bonchev–Trinajstić information content (AvgIpc) is 2.99. The Balaban J connectivity index is 1.73. The molecule has 3 rings (SSSR count). The first-order valence-electron chi connectivity index (χ1n) is 6.08. The third kappa shape index (κ3) is 2.62. The number of hydrogen-bond donors (Lipinski definition) is 1. The normalized spacial score (nSPS) is 11.0. The monoisotopic (exact) mass is 273 g/mol. The van der Waals surface area contributed by atoms with Crippen molar-refractivity contribution in [1.29, 1.82) is 0 Å². The summed E-state index contributed by atoms with van der Waals surface area (Å²) >= 11 is 1.65. The average molecular weight is 273 g/mol. The summed E-state index contributed by atoms with van der Waals surface area (Å²) in [6.07, 6.45) is 4.08. The Bertz CT molecular complexity index is 645. The van der Waals surface area contributed by atoms with Gasteiger partial charge in [0, 0.05) is 36.1 Å². The maximum Gasteiger partial charge on any atom is 0.193 e. The quantitative estimate of drug-likeness (QED) is 0.776. The number of fused-ring (bicyclic) bond motifs is 1. The molecule has 0 radical (unpaired) electrons. The molecule has 98 valence electrons. The van der Waals surface area contributed by atoms with Crippen LogP contribution >= 0.6 is 11.3 Å². The predicted octanol–water partition coefficient (Wildman–Crippen LogP) is 3.15. The van der Waals surface area contributed by atoms with Crippen LogP contribution < -0.4 is 5.32 Å². The second-order valence-corrected chi connectivity index (χ2v) is 5.14. The molecule has 0 fully saturated rings. The van der Waals surface area contributed by atoms with Crippen molar-refractivity contribution in [3.05, 3.63) is 53.3 Å². The van der Waals surface area contributed by atoms with E-state index in [9.17, 15) is 0 Å². The van der Waals surface area contributed by atoms with Gasteiger partial charge >= 0.3 is 0 Å². The minimum atomic E-state index is 0.613. The number of imidazole rings is 1. The lowest BCUT2D eigenvalue weighted by molar-refractivity contribution is 0.185. The van der Waals surface area contributed by atoms with Gasteiger partial charge in [-0.05, 0) is 6.07 Å². The topological polar surface area (TPSA) is 38.6 Å². The lowest BCUT2D eigenvalue weighted by Gasteiger charge is -2.10. The summed E-state index contributed by atoms with van der Waals surface area (Å²) in [4.78, 5) is 5.58. The first-order valence-corrected chi connectivity index (χ1v) is 6.96. The Morgan fingerprint density at radius 2 is 2.26 bits per heavy atom. The second kappa shape index (κ2) is 5.42. The zero-order valence-electron chi connectivity index (χ0n) is 10.7. The fraction of sp³-hybridized carbons (Fsp3) is 0.214. The zero-order valence-corrected chi connectivity index (χ0v) is 11.5. The van der Waals surface area contributed by atoms with E-state index in [1.165, 1.54) is 0 Å². The molecule has 0 aliphatic carbocycles. The third-order valence-corrected chi connectivity index (χ3v) is 3.69. The van der Waals surface area contributed by atoms with E-state index < -0.39 is 0 Å². The molecule has 0 aliphatic heterocycles. The van der Waals surface area contributed by atoms with Gasteiger partial charge in [-0.1, -0.05) is 18.2 Å². The minimum absolute atomic E-state index is 0.613. The lowest BCUT2D eigenvalue weighted by atomic mass is 10.2. The molecule has 0 unspecified atom stereocenters. The second-order valence-electron chi connectivity index (χ2n) is 4.27. The van der Waals surface area contributed by atoms with Crippen molar-refractivity contribution < 1.29 is 4.74 Å². The molecule has 19 heavy (non-hydrogen) atoms. The molecule has 0 spiro atoms. The number of ether oxygens (including phenoxy) is 1. The van der Waals surface area contributed by atoms with Crippen LogP contribution in [-0.4, -0.2) is 16.5 Å². The van der Waals surface area contributed by atoms with E-state index in [4.69, 9.17) is 4.74 Å². The molecule has 5 heteroatoms. The van der Waals surface area contributed by atoms with E-state index in [-0.39, 0.29) is 0 Å². The maximum absolute atomic E-state index is 5.20. The third-order valence-electron chi connectivity index (χ3n) is 2.92. The highest BCUT2D eigenvalue weighted by Gasteiger charge is 2.04. The van der Waals surface area contributed by atoms with Gasteiger partial charge in [-0.15, -0.1) is 11.3 Å². The molecule has 0 saturated carbocycles. The number of anilines is 1. The van der Waals surface area contributed by atoms with Gasteiger partial charge in [0.15, 0.2) is 4.96 Å². The molecule has 2 aromatic heterocycles. The highest BCUT2D eigenvalue weighted by Crippen LogP contribution is 2.17. The summed E-state index contributed by atoms with van der Waals surface area (Å²) in [5.74, 6) is 0. The van der Waals surface area contributed by atoms with Gasteiger partial charge in [0.05, 0.1) is 18.8 Å². The Morgan fingerprint density at radius 3 is 3.11 bits per heavy atom. The van der Waals surface area contributed by atoms with Crippen molar-refractivity contribution in [3.63, 3.8) is 0 Å². The number of rotatable bonds is 5. The Morgan fingerprint density at radius 1 is 1.37 bits per heavy atom. The molecule has 0 bridgehead atoms. The van der Waals surface area contributed by atoms with Crippen molar-refractivity contribution in [2.24, 2.45) is 0 Å². The van der Waals surface area contributed by atoms with E-state index in [0.29, 0.717) is 6.61 Å². The van der Waals surface area contributed by atoms with Crippen molar-refractivity contribution in [2.75, 3.05) is 12.4 Å². The van der Waals surface area contributed by atoms with Crippen LogP contribution in [0.1, 0.15) is 11.3 Å². The predicted molar refractivity (Wildman–Crippen MR) is 77.6 cm³/mol. The van der Waals surface area contributed by atoms with Crippen LogP contribution in [0.4, 0.5) is 5.69 Å². The molecule has 0 amide bonds. The van der Waals surface area contributed by atoms with Gasteiger partial charge in [0.1, 0.15) is 0 Å². The van der Waals surface area contributed by atoms with E-state index in [1.807, 2.05) is 28.1 Å². The van der Waals surface area contributed by atoms with E-state index >= 15 is 0 Å². The number of nitrogens with zero attached hydrogens (tertiary/aromatic N) is 2. The van der Waals surface area contributed by atoms with Gasteiger partial charge in [0.2, 0.25) is 0 Å². The van der Waals surface area contributed by atoms with Crippen LogP contribution in [0.2, 0.25) is 0 Å². The van der Waals surface area contributed by atoms with Crippen LogP contribution in [0, 0.1) is 0 Å². The summed E-state index contributed by atoms with van der Waals surface area (Å²) in [6, 6.07) is 8.17. The molecule has 0 atom stereocenters. The SMILES string of the molecule is COCc1ccccc1NCc1cn2ccsc2n1. The number of hydrogen-bond acceptors (Lipinski definition) is 4. The molecule has 0 saturated heterocycles. The molecule has 1 aromatic carbocycles. The minimum Gasteiger partial charge on any atom is -0.380 e. The Kier molecular flexibility index (Phi) is 3.48. The number of thiazole rings is 1. The first-order chi connectivity index (χ1) is 9.36. The summed E-state index contributed by atoms with van der Waals surface area (Å²) < 4.78 is 7.24. The zero-order chi connectivity index (χ0) is 13.1. The number of benzene rings is 1. The number of aromatic nitrogens is 2. The molecule has 4 nitrogen and oxygen atoms in total. The number of nitrogens with one attached hydrogen (secondary N) is 1. The van der Waals surface area contributed by atoms with E-state index in [0.717, 1.165) is 28.5 Å².